The Morgan fingerprint density at radius 1 is 1.46 bits per heavy atom. The van der Waals surface area contributed by atoms with Gasteiger partial charge in [0.2, 0.25) is 5.91 Å². The van der Waals surface area contributed by atoms with E-state index in [4.69, 9.17) is 0 Å². The first kappa shape index (κ1) is 16.6. The summed E-state index contributed by atoms with van der Waals surface area (Å²) in [7, 11) is 0. The molecule has 7 heteroatoms. The topological polar surface area (TPSA) is 62.3 Å². The molecule has 126 valence electrons. The molecule has 3 rings (SSSR count). The molecule has 1 fully saturated rings. The van der Waals surface area contributed by atoms with E-state index in [1.165, 1.54) is 34.4 Å². The first-order valence-corrected chi connectivity index (χ1v) is 8.68. The number of amides is 2. The van der Waals surface area contributed by atoms with E-state index >= 15 is 0 Å². The van der Waals surface area contributed by atoms with Crippen molar-refractivity contribution in [2.24, 2.45) is 0 Å². The first-order valence-electron chi connectivity index (χ1n) is 7.80. The summed E-state index contributed by atoms with van der Waals surface area (Å²) < 4.78 is 13.3. The van der Waals surface area contributed by atoms with Gasteiger partial charge in [-0.1, -0.05) is 6.07 Å². The molecule has 1 aliphatic rings. The van der Waals surface area contributed by atoms with Crippen LogP contribution in [0, 0.1) is 12.7 Å². The van der Waals surface area contributed by atoms with Gasteiger partial charge < -0.3 is 10.2 Å². The lowest BCUT2D eigenvalue weighted by Gasteiger charge is -2.24. The number of likely N-dealkylation sites (tertiary alicyclic amines) is 1. The molecule has 1 N–H and O–H groups in total. The highest BCUT2D eigenvalue weighted by atomic mass is 32.1. The van der Waals surface area contributed by atoms with Crippen molar-refractivity contribution in [3.05, 3.63) is 51.7 Å². The molecule has 1 aromatic heterocycles. The summed E-state index contributed by atoms with van der Waals surface area (Å²) in [5, 5.41) is 5.69. The molecule has 1 aliphatic heterocycles. The van der Waals surface area contributed by atoms with Crippen LogP contribution in [-0.2, 0) is 11.3 Å². The van der Waals surface area contributed by atoms with Crippen LogP contribution < -0.4 is 5.32 Å². The molecule has 0 radical (unpaired) electrons. The van der Waals surface area contributed by atoms with Gasteiger partial charge in [-0.05, 0) is 38.0 Å². The van der Waals surface area contributed by atoms with Gasteiger partial charge in [0.1, 0.15) is 11.9 Å². The fourth-order valence-corrected chi connectivity index (χ4v) is 3.47. The van der Waals surface area contributed by atoms with E-state index in [9.17, 15) is 14.0 Å². The molecule has 5 nitrogen and oxygen atoms in total. The lowest BCUT2D eigenvalue weighted by molar-refractivity contribution is -0.125. The van der Waals surface area contributed by atoms with Gasteiger partial charge in [0, 0.05) is 17.5 Å². The third-order valence-corrected chi connectivity index (χ3v) is 4.82. The number of aryl methyl sites for hydroxylation is 1. The van der Waals surface area contributed by atoms with Crippen molar-refractivity contribution in [1.29, 1.82) is 0 Å². The summed E-state index contributed by atoms with van der Waals surface area (Å²) in [6.07, 6.45) is 1.37. The number of nitrogens with zero attached hydrogens (tertiary/aromatic N) is 2. The van der Waals surface area contributed by atoms with Crippen LogP contribution in [0.2, 0.25) is 0 Å². The van der Waals surface area contributed by atoms with Crippen molar-refractivity contribution in [2.75, 3.05) is 6.54 Å². The minimum atomic E-state index is -0.513. The monoisotopic (exact) mass is 347 g/mol. The number of thiazole rings is 1. The fourth-order valence-electron chi connectivity index (χ4n) is 2.85. The molecule has 2 amide bonds. The predicted molar refractivity (Wildman–Crippen MR) is 89.2 cm³/mol. The highest BCUT2D eigenvalue weighted by molar-refractivity contribution is 7.09. The SMILES string of the molecule is Cc1nc(CNC(=O)[C@H]2CCCN2C(=O)c2cccc(F)c2)cs1. The van der Waals surface area contributed by atoms with E-state index < -0.39 is 11.9 Å². The van der Waals surface area contributed by atoms with Gasteiger partial charge in [-0.3, -0.25) is 9.59 Å². The average Bonchev–Trinajstić information content (AvgIpc) is 3.21. The maximum Gasteiger partial charge on any atom is 0.254 e. The van der Waals surface area contributed by atoms with E-state index in [1.807, 2.05) is 12.3 Å². The normalized spacial score (nSPS) is 17.1. The number of rotatable bonds is 4. The van der Waals surface area contributed by atoms with Crippen LogP contribution in [0.3, 0.4) is 0 Å². The quantitative estimate of drug-likeness (QED) is 0.924. The van der Waals surface area contributed by atoms with Gasteiger partial charge in [0.15, 0.2) is 0 Å². The molecule has 0 unspecified atom stereocenters. The summed E-state index contributed by atoms with van der Waals surface area (Å²) in [5.74, 6) is -0.959. The molecular weight excluding hydrogens is 329 g/mol. The molecule has 1 saturated heterocycles. The second-order valence-corrected chi connectivity index (χ2v) is 6.80. The molecular formula is C17H18FN3O2S. The van der Waals surface area contributed by atoms with Crippen molar-refractivity contribution >= 4 is 23.2 Å². The van der Waals surface area contributed by atoms with Crippen molar-refractivity contribution in [3.8, 4) is 0 Å². The van der Waals surface area contributed by atoms with Gasteiger partial charge >= 0.3 is 0 Å². The third-order valence-electron chi connectivity index (χ3n) is 4.00. The number of halogens is 1. The lowest BCUT2D eigenvalue weighted by atomic mass is 10.1. The summed E-state index contributed by atoms with van der Waals surface area (Å²) in [6.45, 7) is 2.76. The van der Waals surface area contributed by atoms with E-state index in [2.05, 4.69) is 10.3 Å². The lowest BCUT2D eigenvalue weighted by Crippen LogP contribution is -2.45. The predicted octanol–water partition coefficient (Wildman–Crippen LogP) is 2.51. The Labute approximate surface area is 143 Å². The van der Waals surface area contributed by atoms with Crippen molar-refractivity contribution in [2.45, 2.75) is 32.4 Å². The molecule has 0 aliphatic carbocycles. The highest BCUT2D eigenvalue weighted by Gasteiger charge is 2.34. The Morgan fingerprint density at radius 3 is 3.00 bits per heavy atom. The number of benzene rings is 1. The van der Waals surface area contributed by atoms with Crippen LogP contribution in [0.25, 0.3) is 0 Å². The van der Waals surface area contributed by atoms with E-state index in [0.29, 0.717) is 19.5 Å². The standard InChI is InChI=1S/C17H18FN3O2S/c1-11-20-14(10-24-11)9-19-16(22)15-6-3-7-21(15)17(23)12-4-2-5-13(18)8-12/h2,4-5,8,10,15H,3,6-7,9H2,1H3,(H,19,22)/t15-/m1/s1. The second-order valence-electron chi connectivity index (χ2n) is 5.74. The van der Waals surface area contributed by atoms with Crippen molar-refractivity contribution < 1.29 is 14.0 Å². The third kappa shape index (κ3) is 3.62. The first-order chi connectivity index (χ1) is 11.5. The van der Waals surface area contributed by atoms with E-state index in [0.717, 1.165) is 17.1 Å². The summed E-state index contributed by atoms with van der Waals surface area (Å²) in [6, 6.07) is 5.05. The number of hydrogen-bond donors (Lipinski definition) is 1. The molecule has 0 spiro atoms. The van der Waals surface area contributed by atoms with Gasteiger partial charge in [-0.2, -0.15) is 0 Å². The Bertz CT molecular complexity index is 762. The summed E-state index contributed by atoms with van der Waals surface area (Å²) in [4.78, 5) is 30.8. The number of carbonyl (C=O) groups excluding carboxylic acids is 2. The highest BCUT2D eigenvalue weighted by Crippen LogP contribution is 2.21. The zero-order chi connectivity index (χ0) is 17.1. The molecule has 2 aromatic rings. The van der Waals surface area contributed by atoms with Crippen molar-refractivity contribution in [3.63, 3.8) is 0 Å². The van der Waals surface area contributed by atoms with Gasteiger partial charge in [0.25, 0.3) is 5.91 Å². The molecule has 1 atom stereocenters. The van der Waals surface area contributed by atoms with E-state index in [-0.39, 0.29) is 17.4 Å². The molecule has 1 aromatic carbocycles. The van der Waals surface area contributed by atoms with Crippen LogP contribution in [-0.4, -0.2) is 34.3 Å². The van der Waals surface area contributed by atoms with Crippen LogP contribution in [0.1, 0.15) is 33.9 Å². The maximum atomic E-state index is 13.3. The minimum Gasteiger partial charge on any atom is -0.349 e. The van der Waals surface area contributed by atoms with Crippen LogP contribution in [0.5, 0.6) is 0 Å². The van der Waals surface area contributed by atoms with E-state index in [1.54, 1.807) is 6.07 Å². The number of aromatic nitrogens is 1. The van der Waals surface area contributed by atoms with Crippen LogP contribution in [0.15, 0.2) is 29.6 Å². The smallest absolute Gasteiger partial charge is 0.254 e. The van der Waals surface area contributed by atoms with Crippen LogP contribution >= 0.6 is 11.3 Å². The second kappa shape index (κ2) is 7.09. The maximum absolute atomic E-state index is 13.3. The summed E-state index contributed by atoms with van der Waals surface area (Å²) >= 11 is 1.53. The average molecular weight is 347 g/mol. The van der Waals surface area contributed by atoms with Crippen LogP contribution in [0.4, 0.5) is 4.39 Å². The Kier molecular flexibility index (Phi) is 4.89. The number of nitrogens with one attached hydrogen (secondary N) is 1. The molecule has 2 heterocycles. The zero-order valence-electron chi connectivity index (χ0n) is 13.3. The van der Waals surface area contributed by atoms with Gasteiger partial charge in [-0.15, -0.1) is 11.3 Å². The fraction of sp³-hybridized carbons (Fsp3) is 0.353. The molecule has 0 saturated carbocycles. The largest absolute Gasteiger partial charge is 0.349 e. The minimum absolute atomic E-state index is 0.192. The zero-order valence-corrected chi connectivity index (χ0v) is 14.1. The molecule has 0 bridgehead atoms. The Balaban J connectivity index is 1.66. The molecule has 24 heavy (non-hydrogen) atoms. The van der Waals surface area contributed by atoms with Gasteiger partial charge in [-0.25, -0.2) is 9.37 Å². The van der Waals surface area contributed by atoms with Gasteiger partial charge in [0.05, 0.1) is 17.2 Å². The number of hydrogen-bond acceptors (Lipinski definition) is 4. The number of carbonyl (C=O) groups is 2. The Morgan fingerprint density at radius 2 is 2.29 bits per heavy atom. The Hall–Kier alpha value is -2.28. The summed E-state index contributed by atoms with van der Waals surface area (Å²) in [5.41, 5.74) is 1.08. The van der Waals surface area contributed by atoms with Crippen molar-refractivity contribution in [1.82, 2.24) is 15.2 Å².